The molecular formula is C10H12ClN. The average molecular weight is 182 g/mol. The van der Waals surface area contributed by atoms with Crippen molar-refractivity contribution in [2.24, 2.45) is 0 Å². The summed E-state index contributed by atoms with van der Waals surface area (Å²) in [6.07, 6.45) is 1.12. The molecule has 1 unspecified atom stereocenters. The van der Waals surface area contributed by atoms with Crippen molar-refractivity contribution >= 4 is 17.3 Å². The maximum Gasteiger partial charge on any atom is 0.0455 e. The predicted octanol–water partition coefficient (Wildman–Crippen LogP) is 3.00. The summed E-state index contributed by atoms with van der Waals surface area (Å²) >= 11 is 6.00. The Bertz CT molecular complexity index is 320. The molecule has 2 rings (SSSR count). The molecule has 0 bridgehead atoms. The number of halogens is 1. The fraction of sp³-hybridized carbons (Fsp3) is 0.400. The molecule has 1 aromatic rings. The van der Waals surface area contributed by atoms with E-state index >= 15 is 0 Å². The van der Waals surface area contributed by atoms with E-state index in [0.717, 1.165) is 11.4 Å². The molecule has 1 aliphatic rings. The third-order valence-electron chi connectivity index (χ3n) is 2.40. The maximum atomic E-state index is 6.00. The molecule has 0 aromatic heterocycles. The van der Waals surface area contributed by atoms with E-state index in [2.05, 4.69) is 25.2 Å². The van der Waals surface area contributed by atoms with Crippen LogP contribution in [0.25, 0.3) is 0 Å². The van der Waals surface area contributed by atoms with E-state index in [-0.39, 0.29) is 0 Å². The first-order chi connectivity index (χ1) is 5.68. The lowest BCUT2D eigenvalue weighted by molar-refractivity contribution is 0.839. The van der Waals surface area contributed by atoms with Gasteiger partial charge in [0.05, 0.1) is 0 Å². The summed E-state index contributed by atoms with van der Waals surface area (Å²) in [5, 5.41) is 4.28. The molecule has 1 aliphatic heterocycles. The second kappa shape index (κ2) is 2.67. The number of nitrogens with one attached hydrogen (secondary N) is 1. The second-order valence-corrected chi connectivity index (χ2v) is 3.86. The van der Waals surface area contributed by atoms with Gasteiger partial charge in [-0.2, -0.15) is 0 Å². The summed E-state index contributed by atoms with van der Waals surface area (Å²) in [4.78, 5) is 0. The smallest absolute Gasteiger partial charge is 0.0455 e. The SMILES string of the molecule is Cc1c(Cl)ccc2c1NC(C)C2. The molecule has 0 radical (unpaired) electrons. The van der Waals surface area contributed by atoms with Gasteiger partial charge in [0.25, 0.3) is 0 Å². The van der Waals surface area contributed by atoms with Crippen LogP contribution in [0.1, 0.15) is 18.1 Å². The predicted molar refractivity (Wildman–Crippen MR) is 53.0 cm³/mol. The van der Waals surface area contributed by atoms with Gasteiger partial charge in [-0.1, -0.05) is 17.7 Å². The molecule has 2 heteroatoms. The summed E-state index contributed by atoms with van der Waals surface area (Å²) in [5.41, 5.74) is 3.82. The standard InChI is InChI=1S/C10H12ClN/c1-6-5-8-3-4-9(11)7(2)10(8)12-6/h3-4,6,12H,5H2,1-2H3. The maximum absolute atomic E-state index is 6.00. The van der Waals surface area contributed by atoms with Crippen molar-refractivity contribution in [2.45, 2.75) is 26.3 Å². The summed E-state index contributed by atoms with van der Waals surface area (Å²) in [6, 6.07) is 4.65. The second-order valence-electron chi connectivity index (χ2n) is 3.46. The van der Waals surface area contributed by atoms with Crippen molar-refractivity contribution in [1.82, 2.24) is 0 Å². The molecule has 0 saturated carbocycles. The van der Waals surface area contributed by atoms with Crippen molar-refractivity contribution < 1.29 is 0 Å². The van der Waals surface area contributed by atoms with Crippen LogP contribution in [-0.4, -0.2) is 6.04 Å². The molecule has 0 saturated heterocycles. The lowest BCUT2D eigenvalue weighted by Gasteiger charge is -2.07. The van der Waals surface area contributed by atoms with Gasteiger partial charge in [0.2, 0.25) is 0 Å². The molecule has 1 heterocycles. The minimum atomic E-state index is 0.553. The van der Waals surface area contributed by atoms with Gasteiger partial charge in [-0.3, -0.25) is 0 Å². The lowest BCUT2D eigenvalue weighted by atomic mass is 10.1. The fourth-order valence-corrected chi connectivity index (χ4v) is 1.90. The Labute approximate surface area is 77.7 Å². The topological polar surface area (TPSA) is 12.0 Å². The quantitative estimate of drug-likeness (QED) is 0.649. The summed E-state index contributed by atoms with van der Waals surface area (Å²) < 4.78 is 0. The summed E-state index contributed by atoms with van der Waals surface area (Å²) in [6.45, 7) is 4.25. The number of rotatable bonds is 0. The van der Waals surface area contributed by atoms with E-state index in [4.69, 9.17) is 11.6 Å². The normalized spacial score (nSPS) is 20.4. The Hall–Kier alpha value is -0.690. The molecule has 1 aromatic carbocycles. The van der Waals surface area contributed by atoms with Crippen LogP contribution < -0.4 is 5.32 Å². The van der Waals surface area contributed by atoms with E-state index in [1.807, 2.05) is 6.07 Å². The van der Waals surface area contributed by atoms with Crippen LogP contribution in [0.4, 0.5) is 5.69 Å². The van der Waals surface area contributed by atoms with Crippen LogP contribution >= 0.6 is 11.6 Å². The van der Waals surface area contributed by atoms with Gasteiger partial charge >= 0.3 is 0 Å². The molecule has 0 amide bonds. The monoisotopic (exact) mass is 181 g/mol. The van der Waals surface area contributed by atoms with E-state index in [9.17, 15) is 0 Å². The zero-order valence-electron chi connectivity index (χ0n) is 7.32. The van der Waals surface area contributed by atoms with Crippen molar-refractivity contribution in [3.8, 4) is 0 Å². The zero-order valence-corrected chi connectivity index (χ0v) is 8.07. The van der Waals surface area contributed by atoms with Crippen LogP contribution in [0.3, 0.4) is 0 Å². The van der Waals surface area contributed by atoms with Gasteiger partial charge in [0.1, 0.15) is 0 Å². The molecule has 1 N–H and O–H groups in total. The zero-order chi connectivity index (χ0) is 8.72. The highest BCUT2D eigenvalue weighted by Gasteiger charge is 2.18. The summed E-state index contributed by atoms with van der Waals surface area (Å²) in [5.74, 6) is 0. The van der Waals surface area contributed by atoms with E-state index in [0.29, 0.717) is 6.04 Å². The van der Waals surface area contributed by atoms with Crippen molar-refractivity contribution in [1.29, 1.82) is 0 Å². The minimum absolute atomic E-state index is 0.553. The van der Waals surface area contributed by atoms with Crippen LogP contribution in [0.15, 0.2) is 12.1 Å². The molecule has 1 nitrogen and oxygen atoms in total. The van der Waals surface area contributed by atoms with Crippen LogP contribution in [0.5, 0.6) is 0 Å². The number of hydrogen-bond acceptors (Lipinski definition) is 1. The highest BCUT2D eigenvalue weighted by atomic mass is 35.5. The lowest BCUT2D eigenvalue weighted by Crippen LogP contribution is -2.08. The Morgan fingerprint density at radius 2 is 2.25 bits per heavy atom. The fourth-order valence-electron chi connectivity index (χ4n) is 1.74. The average Bonchev–Trinajstić information content (AvgIpc) is 2.39. The molecule has 0 fully saturated rings. The van der Waals surface area contributed by atoms with Gasteiger partial charge in [0.15, 0.2) is 0 Å². The van der Waals surface area contributed by atoms with Gasteiger partial charge in [-0.15, -0.1) is 0 Å². The Balaban J connectivity index is 2.54. The third kappa shape index (κ3) is 1.09. The first-order valence-corrected chi connectivity index (χ1v) is 4.61. The molecule has 64 valence electrons. The third-order valence-corrected chi connectivity index (χ3v) is 2.81. The van der Waals surface area contributed by atoms with E-state index < -0.39 is 0 Å². The summed E-state index contributed by atoms with van der Waals surface area (Å²) in [7, 11) is 0. The number of benzene rings is 1. The number of anilines is 1. The molecule has 0 spiro atoms. The van der Waals surface area contributed by atoms with Gasteiger partial charge in [-0.05, 0) is 37.5 Å². The van der Waals surface area contributed by atoms with Crippen LogP contribution in [-0.2, 0) is 6.42 Å². The largest absolute Gasteiger partial charge is 0.382 e. The Kier molecular flexibility index (Phi) is 1.76. The van der Waals surface area contributed by atoms with Gasteiger partial charge in [0, 0.05) is 16.8 Å². The van der Waals surface area contributed by atoms with Gasteiger partial charge < -0.3 is 5.32 Å². The van der Waals surface area contributed by atoms with Crippen LogP contribution in [0.2, 0.25) is 5.02 Å². The van der Waals surface area contributed by atoms with E-state index in [1.54, 1.807) is 0 Å². The highest BCUT2D eigenvalue weighted by Crippen LogP contribution is 2.33. The molecule has 0 aliphatic carbocycles. The Morgan fingerprint density at radius 3 is 3.00 bits per heavy atom. The van der Waals surface area contributed by atoms with Crippen LogP contribution in [0, 0.1) is 6.92 Å². The van der Waals surface area contributed by atoms with Gasteiger partial charge in [-0.25, -0.2) is 0 Å². The van der Waals surface area contributed by atoms with E-state index in [1.165, 1.54) is 16.8 Å². The van der Waals surface area contributed by atoms with Crippen molar-refractivity contribution in [3.05, 3.63) is 28.3 Å². The van der Waals surface area contributed by atoms with Crippen molar-refractivity contribution in [2.75, 3.05) is 5.32 Å². The highest BCUT2D eigenvalue weighted by molar-refractivity contribution is 6.31. The number of hydrogen-bond donors (Lipinski definition) is 1. The molecule has 12 heavy (non-hydrogen) atoms. The van der Waals surface area contributed by atoms with Crippen molar-refractivity contribution in [3.63, 3.8) is 0 Å². The minimum Gasteiger partial charge on any atom is -0.382 e. The molecule has 1 atom stereocenters. The first kappa shape index (κ1) is 7.93. The molecular weight excluding hydrogens is 170 g/mol. The Morgan fingerprint density at radius 1 is 1.50 bits per heavy atom. The number of fused-ring (bicyclic) bond motifs is 1. The first-order valence-electron chi connectivity index (χ1n) is 4.23.